The van der Waals surface area contributed by atoms with Crippen LogP contribution in [0.4, 0.5) is 0 Å². The Labute approximate surface area is 176 Å². The van der Waals surface area contributed by atoms with Gasteiger partial charge >= 0.3 is 5.97 Å². The third-order valence-corrected chi connectivity index (χ3v) is 5.72. The van der Waals surface area contributed by atoms with Gasteiger partial charge in [-0.1, -0.05) is 32.0 Å². The van der Waals surface area contributed by atoms with Crippen LogP contribution in [-0.2, 0) is 25.5 Å². The maximum atomic E-state index is 12.9. The van der Waals surface area contributed by atoms with Crippen LogP contribution >= 0.6 is 11.3 Å². The van der Waals surface area contributed by atoms with E-state index in [0.717, 1.165) is 15.6 Å². The summed E-state index contributed by atoms with van der Waals surface area (Å²) in [6.07, 6.45) is 0.954. The van der Waals surface area contributed by atoms with Gasteiger partial charge in [-0.25, -0.2) is 0 Å². The van der Waals surface area contributed by atoms with Crippen LogP contribution < -0.4 is 10.6 Å². The lowest BCUT2D eigenvalue weighted by atomic mass is 9.92. The van der Waals surface area contributed by atoms with Crippen molar-refractivity contribution in [2.24, 2.45) is 11.8 Å². The molecule has 6 nitrogen and oxygen atoms in total. The summed E-state index contributed by atoms with van der Waals surface area (Å²) >= 11 is 1.62. The number of thiophene rings is 1. The first-order valence-electron chi connectivity index (χ1n) is 9.98. The van der Waals surface area contributed by atoms with Crippen LogP contribution in [0.25, 0.3) is 10.1 Å². The highest BCUT2D eigenvalue weighted by Gasteiger charge is 2.28. The zero-order valence-electron chi connectivity index (χ0n) is 17.5. The van der Waals surface area contributed by atoms with E-state index >= 15 is 0 Å². The monoisotopic (exact) mass is 418 g/mol. The number of nitrogens with one attached hydrogen (secondary N) is 2. The Morgan fingerprint density at radius 1 is 1.14 bits per heavy atom. The van der Waals surface area contributed by atoms with E-state index in [1.165, 1.54) is 0 Å². The van der Waals surface area contributed by atoms with E-state index in [9.17, 15) is 14.4 Å². The van der Waals surface area contributed by atoms with E-state index in [4.69, 9.17) is 4.74 Å². The maximum absolute atomic E-state index is 12.9. The molecule has 1 heterocycles. The number of ether oxygens (including phenoxy) is 1. The fourth-order valence-electron chi connectivity index (χ4n) is 3.36. The molecule has 1 aromatic heterocycles. The van der Waals surface area contributed by atoms with E-state index in [0.29, 0.717) is 12.8 Å². The van der Waals surface area contributed by atoms with Gasteiger partial charge in [0.2, 0.25) is 11.8 Å². The Balaban J connectivity index is 2.17. The molecule has 0 aliphatic heterocycles. The summed E-state index contributed by atoms with van der Waals surface area (Å²) in [6.45, 7) is 6.02. The van der Waals surface area contributed by atoms with Crippen LogP contribution in [0, 0.1) is 11.8 Å². The molecule has 2 rings (SSSR count). The summed E-state index contributed by atoms with van der Waals surface area (Å²) in [7, 11) is 1.55. The Morgan fingerprint density at radius 2 is 1.86 bits per heavy atom. The fraction of sp³-hybridized carbons (Fsp3) is 0.500. The summed E-state index contributed by atoms with van der Waals surface area (Å²) in [5.74, 6) is -1.23. The summed E-state index contributed by atoms with van der Waals surface area (Å²) in [5, 5.41) is 8.61. The number of hydrogen-bond donors (Lipinski definition) is 2. The molecule has 1 aromatic carbocycles. The Kier molecular flexibility index (Phi) is 8.64. The van der Waals surface area contributed by atoms with Gasteiger partial charge < -0.3 is 15.4 Å². The molecule has 2 atom stereocenters. The van der Waals surface area contributed by atoms with Crippen molar-refractivity contribution in [3.63, 3.8) is 0 Å². The average molecular weight is 419 g/mol. The first-order chi connectivity index (χ1) is 13.8. The maximum Gasteiger partial charge on any atom is 0.306 e. The number of carbonyl (C=O) groups is 3. The number of fused-ring (bicyclic) bond motifs is 1. The van der Waals surface area contributed by atoms with Gasteiger partial charge in [-0.2, -0.15) is 0 Å². The molecular weight excluding hydrogens is 388 g/mol. The van der Waals surface area contributed by atoms with Gasteiger partial charge in [-0.3, -0.25) is 14.4 Å². The van der Waals surface area contributed by atoms with Gasteiger partial charge in [0.05, 0.1) is 13.0 Å². The van der Waals surface area contributed by atoms with Gasteiger partial charge in [0.15, 0.2) is 0 Å². The SMILES string of the molecule is CCOC(=O)CC(CC(C)C)C(=O)NC(Cc1csc2ccccc12)C(=O)NC. The number of hydrogen-bond acceptors (Lipinski definition) is 5. The molecular formula is C22H30N2O4S. The van der Waals surface area contributed by atoms with E-state index < -0.39 is 17.9 Å². The lowest BCUT2D eigenvalue weighted by Crippen LogP contribution is -2.49. The first-order valence-corrected chi connectivity index (χ1v) is 10.9. The third-order valence-electron chi connectivity index (χ3n) is 4.71. The molecule has 0 radical (unpaired) electrons. The third kappa shape index (κ3) is 6.56. The van der Waals surface area contributed by atoms with Crippen LogP contribution in [0.2, 0.25) is 0 Å². The largest absolute Gasteiger partial charge is 0.466 e. The van der Waals surface area contributed by atoms with E-state index in [2.05, 4.69) is 10.6 Å². The highest BCUT2D eigenvalue weighted by Crippen LogP contribution is 2.27. The van der Waals surface area contributed by atoms with E-state index in [1.54, 1.807) is 25.3 Å². The molecule has 0 saturated heterocycles. The van der Waals surface area contributed by atoms with Crippen molar-refractivity contribution in [3.8, 4) is 0 Å². The van der Waals surface area contributed by atoms with E-state index in [-0.39, 0.29) is 30.8 Å². The number of rotatable bonds is 10. The van der Waals surface area contributed by atoms with Crippen LogP contribution in [0.1, 0.15) is 39.2 Å². The highest BCUT2D eigenvalue weighted by atomic mass is 32.1. The van der Waals surface area contributed by atoms with Gasteiger partial charge in [0.1, 0.15) is 6.04 Å². The first kappa shape index (κ1) is 22.9. The number of esters is 1. The number of likely N-dealkylation sites (N-methyl/N-ethyl adjacent to an activating group) is 1. The average Bonchev–Trinajstić information content (AvgIpc) is 3.09. The molecule has 7 heteroatoms. The van der Waals surface area contributed by atoms with Crippen LogP contribution in [0.5, 0.6) is 0 Å². The zero-order valence-corrected chi connectivity index (χ0v) is 18.3. The van der Waals surface area contributed by atoms with Crippen molar-refractivity contribution in [2.75, 3.05) is 13.7 Å². The molecule has 0 bridgehead atoms. The van der Waals surface area contributed by atoms with Gasteiger partial charge in [-0.05, 0) is 41.7 Å². The van der Waals surface area contributed by atoms with Crippen molar-refractivity contribution >= 4 is 39.2 Å². The van der Waals surface area contributed by atoms with Crippen LogP contribution in [0.3, 0.4) is 0 Å². The second-order valence-corrected chi connectivity index (χ2v) is 8.38. The van der Waals surface area contributed by atoms with Crippen LogP contribution in [-0.4, -0.2) is 37.5 Å². The lowest BCUT2D eigenvalue weighted by Gasteiger charge is -2.22. The van der Waals surface area contributed by atoms with Gasteiger partial charge in [0, 0.05) is 24.1 Å². The van der Waals surface area contributed by atoms with Gasteiger partial charge in [0.25, 0.3) is 0 Å². The topological polar surface area (TPSA) is 84.5 Å². The highest BCUT2D eigenvalue weighted by molar-refractivity contribution is 7.17. The van der Waals surface area contributed by atoms with Crippen molar-refractivity contribution in [1.82, 2.24) is 10.6 Å². The predicted octanol–water partition coefficient (Wildman–Crippen LogP) is 3.29. The minimum Gasteiger partial charge on any atom is -0.466 e. The molecule has 0 aliphatic rings. The quantitative estimate of drug-likeness (QED) is 0.580. The normalized spacial score (nSPS) is 13.1. The zero-order chi connectivity index (χ0) is 21.4. The molecule has 29 heavy (non-hydrogen) atoms. The number of amides is 2. The summed E-state index contributed by atoms with van der Waals surface area (Å²) in [6, 6.07) is 7.29. The molecule has 0 spiro atoms. The summed E-state index contributed by atoms with van der Waals surface area (Å²) < 4.78 is 6.16. The Bertz CT molecular complexity index is 846. The molecule has 2 N–H and O–H groups in total. The minimum atomic E-state index is -0.706. The molecule has 0 fully saturated rings. The molecule has 0 saturated carbocycles. The second-order valence-electron chi connectivity index (χ2n) is 7.47. The summed E-state index contributed by atoms with van der Waals surface area (Å²) in [5.41, 5.74) is 1.02. The Hall–Kier alpha value is -2.41. The van der Waals surface area contributed by atoms with Crippen LogP contribution in [0.15, 0.2) is 29.6 Å². The standard InChI is InChI=1S/C22H30N2O4S/c1-5-28-20(25)12-15(10-14(2)3)21(26)24-18(22(27)23-4)11-16-13-29-19-9-7-6-8-17(16)19/h6-9,13-15,18H,5,10-12H2,1-4H3,(H,23,27)(H,24,26). The summed E-state index contributed by atoms with van der Waals surface area (Å²) in [4.78, 5) is 37.3. The Morgan fingerprint density at radius 3 is 2.52 bits per heavy atom. The van der Waals surface area contributed by atoms with Crippen molar-refractivity contribution in [3.05, 3.63) is 35.2 Å². The van der Waals surface area contributed by atoms with Crippen molar-refractivity contribution in [1.29, 1.82) is 0 Å². The smallest absolute Gasteiger partial charge is 0.306 e. The second kappa shape index (κ2) is 11.0. The lowest BCUT2D eigenvalue weighted by molar-refractivity contribution is -0.146. The minimum absolute atomic E-state index is 0.0136. The molecule has 2 unspecified atom stereocenters. The predicted molar refractivity (Wildman–Crippen MR) is 116 cm³/mol. The van der Waals surface area contributed by atoms with Crippen molar-refractivity contribution in [2.45, 2.75) is 46.1 Å². The molecule has 2 aromatic rings. The fourth-order valence-corrected chi connectivity index (χ4v) is 4.33. The molecule has 158 valence electrons. The molecule has 0 aliphatic carbocycles. The van der Waals surface area contributed by atoms with Gasteiger partial charge in [-0.15, -0.1) is 11.3 Å². The number of benzene rings is 1. The van der Waals surface area contributed by atoms with E-state index in [1.807, 2.05) is 43.5 Å². The molecule has 2 amide bonds. The van der Waals surface area contributed by atoms with Crippen molar-refractivity contribution < 1.29 is 19.1 Å². The number of carbonyl (C=O) groups excluding carboxylic acids is 3.